The van der Waals surface area contributed by atoms with Gasteiger partial charge in [-0.3, -0.25) is 0 Å². The third kappa shape index (κ3) is 6.52. The maximum absolute atomic E-state index is 2.40. The van der Waals surface area contributed by atoms with Gasteiger partial charge in [-0.2, -0.15) is 0 Å². The zero-order valence-corrected chi connectivity index (χ0v) is 35.1. The highest BCUT2D eigenvalue weighted by atomic mass is 15.1. The molecule has 0 amide bonds. The SMILES string of the molecule is C(=C\c1ccc2cc(N(c3ccccc3)c3ccccc3)c3c4ccccc4ccc3c2c1)/c1ccc2cc(N(c3ccccc3)c3ccccc3)c3c4ccccc4ccc3c2c1. The summed E-state index contributed by atoms with van der Waals surface area (Å²) in [4.78, 5) is 4.80. The second kappa shape index (κ2) is 15.8. The van der Waals surface area contributed by atoms with E-state index in [4.69, 9.17) is 0 Å². The fraction of sp³-hybridized carbons (Fsp3) is 0. The summed E-state index contributed by atoms with van der Waals surface area (Å²) in [5, 5.41) is 14.8. The number of benzene rings is 12. The van der Waals surface area contributed by atoms with Crippen LogP contribution in [0, 0.1) is 0 Å². The molecule has 0 saturated carbocycles. The van der Waals surface area contributed by atoms with Crippen molar-refractivity contribution in [1.82, 2.24) is 0 Å². The monoisotopic (exact) mass is 814 g/mol. The van der Waals surface area contributed by atoms with Gasteiger partial charge in [0, 0.05) is 33.5 Å². The minimum absolute atomic E-state index is 1.12. The van der Waals surface area contributed by atoms with Crippen LogP contribution >= 0.6 is 0 Å². The van der Waals surface area contributed by atoms with E-state index in [1.165, 1.54) is 64.6 Å². The van der Waals surface area contributed by atoms with Crippen molar-refractivity contribution in [2.75, 3.05) is 9.80 Å². The summed E-state index contributed by atoms with van der Waals surface area (Å²) in [6, 6.07) is 88.1. The second-order valence-electron chi connectivity index (χ2n) is 16.5. The first-order valence-corrected chi connectivity index (χ1v) is 22.0. The van der Waals surface area contributed by atoms with Crippen LogP contribution in [-0.4, -0.2) is 0 Å². The summed E-state index contributed by atoms with van der Waals surface area (Å²) in [6.07, 6.45) is 4.53. The van der Waals surface area contributed by atoms with E-state index >= 15 is 0 Å². The Bertz CT molecular complexity index is 3380. The van der Waals surface area contributed by atoms with Gasteiger partial charge in [-0.25, -0.2) is 0 Å². The molecule has 0 aliphatic carbocycles. The van der Waals surface area contributed by atoms with Gasteiger partial charge < -0.3 is 9.80 Å². The Morgan fingerprint density at radius 1 is 0.234 bits per heavy atom. The highest BCUT2D eigenvalue weighted by Gasteiger charge is 2.21. The van der Waals surface area contributed by atoms with Crippen molar-refractivity contribution in [3.8, 4) is 0 Å². The molecule has 0 saturated heterocycles. The van der Waals surface area contributed by atoms with E-state index in [1.807, 2.05) is 0 Å². The molecular formula is C62H42N2. The molecule has 0 bridgehead atoms. The van der Waals surface area contributed by atoms with Crippen LogP contribution in [0.2, 0.25) is 0 Å². The van der Waals surface area contributed by atoms with Gasteiger partial charge in [-0.1, -0.05) is 182 Å². The fourth-order valence-electron chi connectivity index (χ4n) is 9.76. The number of rotatable bonds is 8. The molecule has 0 N–H and O–H groups in total. The van der Waals surface area contributed by atoms with Crippen LogP contribution in [0.15, 0.2) is 243 Å². The van der Waals surface area contributed by atoms with Gasteiger partial charge in [-0.15, -0.1) is 0 Å². The van der Waals surface area contributed by atoms with Crippen LogP contribution in [0.1, 0.15) is 11.1 Å². The first-order chi connectivity index (χ1) is 31.7. The Morgan fingerprint density at radius 2 is 0.562 bits per heavy atom. The Hall–Kier alpha value is -8.46. The van der Waals surface area contributed by atoms with Gasteiger partial charge in [0.05, 0.1) is 11.4 Å². The summed E-state index contributed by atoms with van der Waals surface area (Å²) in [5.41, 5.74) is 9.14. The van der Waals surface area contributed by atoms with Crippen LogP contribution in [0.5, 0.6) is 0 Å². The molecule has 12 aromatic rings. The van der Waals surface area contributed by atoms with E-state index in [-0.39, 0.29) is 0 Å². The van der Waals surface area contributed by atoms with Crippen molar-refractivity contribution in [2.45, 2.75) is 0 Å². The Kier molecular flexibility index (Phi) is 9.20. The molecule has 12 rings (SSSR count). The van der Waals surface area contributed by atoms with Gasteiger partial charge in [-0.05, 0) is 138 Å². The largest absolute Gasteiger partial charge is 0.310 e. The van der Waals surface area contributed by atoms with Gasteiger partial charge in [0.15, 0.2) is 0 Å². The molecule has 300 valence electrons. The predicted molar refractivity (Wildman–Crippen MR) is 276 cm³/mol. The van der Waals surface area contributed by atoms with Gasteiger partial charge in [0.2, 0.25) is 0 Å². The van der Waals surface area contributed by atoms with Crippen molar-refractivity contribution in [1.29, 1.82) is 0 Å². The minimum Gasteiger partial charge on any atom is -0.310 e. The number of anilines is 6. The molecule has 0 aromatic heterocycles. The van der Waals surface area contributed by atoms with Gasteiger partial charge >= 0.3 is 0 Å². The standard InChI is InChI=1S/C62H42N2/c1-5-19-49(20-6-1)63(50-21-7-2-8-22-50)59-41-47-33-31-43(39-57(47)55-37-35-45-17-13-15-27-53(45)61(55)59)29-30-44-32-34-48-42-60(64(51-23-9-3-10-24-51)52-25-11-4-12-26-52)62-54-28-16-14-18-46(54)36-38-56(62)58(48)40-44/h1-42H/b30-29+. The van der Waals surface area contributed by atoms with Crippen LogP contribution in [0.4, 0.5) is 34.1 Å². The maximum Gasteiger partial charge on any atom is 0.0552 e. The van der Waals surface area contributed by atoms with Crippen molar-refractivity contribution in [3.05, 3.63) is 254 Å². The Morgan fingerprint density at radius 3 is 0.938 bits per heavy atom. The minimum atomic E-state index is 1.12. The van der Waals surface area contributed by atoms with Crippen LogP contribution in [0.25, 0.3) is 76.8 Å². The molecule has 0 heterocycles. The fourth-order valence-corrected chi connectivity index (χ4v) is 9.76. The molecule has 0 spiro atoms. The zero-order valence-electron chi connectivity index (χ0n) is 35.1. The smallest absolute Gasteiger partial charge is 0.0552 e. The highest BCUT2D eigenvalue weighted by Crippen LogP contribution is 2.46. The molecule has 0 atom stereocenters. The first kappa shape index (κ1) is 37.3. The molecule has 64 heavy (non-hydrogen) atoms. The Balaban J connectivity index is 1.00. The Labute approximate surface area is 372 Å². The van der Waals surface area contributed by atoms with Gasteiger partial charge in [0.1, 0.15) is 0 Å². The quantitative estimate of drug-likeness (QED) is 0.111. The lowest BCUT2D eigenvalue weighted by Crippen LogP contribution is -2.10. The first-order valence-electron chi connectivity index (χ1n) is 22.0. The predicted octanol–water partition coefficient (Wildman–Crippen LogP) is 17.7. The second-order valence-corrected chi connectivity index (χ2v) is 16.5. The molecule has 0 unspecified atom stereocenters. The molecule has 0 aliphatic heterocycles. The van der Waals surface area contributed by atoms with Crippen molar-refractivity contribution in [2.24, 2.45) is 0 Å². The van der Waals surface area contributed by atoms with Crippen LogP contribution in [0.3, 0.4) is 0 Å². The van der Waals surface area contributed by atoms with E-state index in [2.05, 4.69) is 265 Å². The lowest BCUT2D eigenvalue weighted by Gasteiger charge is -2.28. The highest BCUT2D eigenvalue weighted by molar-refractivity contribution is 6.25. The van der Waals surface area contributed by atoms with E-state index in [0.717, 1.165) is 45.3 Å². The number of hydrogen-bond acceptors (Lipinski definition) is 2. The van der Waals surface area contributed by atoms with Crippen LogP contribution in [-0.2, 0) is 0 Å². The van der Waals surface area contributed by atoms with E-state index in [9.17, 15) is 0 Å². The van der Waals surface area contributed by atoms with E-state index < -0.39 is 0 Å². The van der Waals surface area contributed by atoms with Gasteiger partial charge in [0.25, 0.3) is 0 Å². The van der Waals surface area contributed by atoms with Crippen molar-refractivity contribution < 1.29 is 0 Å². The van der Waals surface area contributed by atoms with E-state index in [1.54, 1.807) is 0 Å². The average molecular weight is 815 g/mol. The lowest BCUT2D eigenvalue weighted by molar-refractivity contribution is 1.30. The normalized spacial score (nSPS) is 11.7. The zero-order chi connectivity index (χ0) is 42.4. The third-order valence-electron chi connectivity index (χ3n) is 12.7. The third-order valence-corrected chi connectivity index (χ3v) is 12.7. The summed E-state index contributed by atoms with van der Waals surface area (Å²) in [7, 11) is 0. The molecule has 2 heteroatoms. The number of para-hydroxylation sites is 4. The molecule has 12 aromatic carbocycles. The van der Waals surface area contributed by atoms with Crippen molar-refractivity contribution in [3.63, 3.8) is 0 Å². The average Bonchev–Trinajstić information content (AvgIpc) is 3.37. The lowest BCUT2D eigenvalue weighted by atomic mass is 9.93. The summed E-state index contributed by atoms with van der Waals surface area (Å²) in [6.45, 7) is 0. The summed E-state index contributed by atoms with van der Waals surface area (Å²) >= 11 is 0. The molecule has 0 aliphatic rings. The van der Waals surface area contributed by atoms with Crippen molar-refractivity contribution >= 4 is 111 Å². The number of fused-ring (bicyclic) bond motifs is 10. The van der Waals surface area contributed by atoms with E-state index in [0.29, 0.717) is 0 Å². The molecule has 0 fully saturated rings. The molecule has 2 nitrogen and oxygen atoms in total. The topological polar surface area (TPSA) is 6.48 Å². The number of hydrogen-bond donors (Lipinski definition) is 0. The maximum atomic E-state index is 2.40. The summed E-state index contributed by atoms with van der Waals surface area (Å²) < 4.78 is 0. The molecular weight excluding hydrogens is 773 g/mol. The summed E-state index contributed by atoms with van der Waals surface area (Å²) in [5.74, 6) is 0. The van der Waals surface area contributed by atoms with Crippen LogP contribution < -0.4 is 9.80 Å². The number of nitrogens with zero attached hydrogens (tertiary/aromatic N) is 2. The molecule has 0 radical (unpaired) electrons.